The van der Waals surface area contributed by atoms with Gasteiger partial charge in [0, 0.05) is 0 Å². The van der Waals surface area contributed by atoms with E-state index in [1.165, 1.54) is 27.4 Å². The number of ether oxygens (including phenoxy) is 4. The van der Waals surface area contributed by atoms with Gasteiger partial charge in [0.25, 0.3) is 0 Å². The molecule has 0 heterocycles. The monoisotopic (exact) mass is 418 g/mol. The molecule has 0 atom stereocenters. The molecule has 0 aliphatic carbocycles. The molecular weight excluding hydrogens is 396 g/mol. The molecule has 0 spiro atoms. The Bertz CT molecular complexity index is 1120. The maximum absolute atomic E-state index is 12.7. The summed E-state index contributed by atoms with van der Waals surface area (Å²) in [5.74, 6) is 1.20. The average Bonchev–Trinajstić information content (AvgIpc) is 2.82. The van der Waals surface area contributed by atoms with Crippen molar-refractivity contribution in [2.45, 2.75) is 0 Å². The van der Waals surface area contributed by atoms with Gasteiger partial charge < -0.3 is 18.9 Å². The van der Waals surface area contributed by atoms with Crippen molar-refractivity contribution in [1.82, 2.24) is 0 Å². The Morgan fingerprint density at radius 2 is 1.45 bits per heavy atom. The summed E-state index contributed by atoms with van der Waals surface area (Å²) in [6.07, 6.45) is 3.07. The quantitative estimate of drug-likeness (QED) is 0.226. The second-order valence-electron chi connectivity index (χ2n) is 6.46. The number of allylic oxidation sites excluding steroid dienone is 1. The van der Waals surface area contributed by atoms with Crippen LogP contribution in [0.5, 0.6) is 23.0 Å². The summed E-state index contributed by atoms with van der Waals surface area (Å²) in [6, 6.07) is 18.6. The number of hydrogen-bond acceptors (Lipinski definition) is 6. The summed E-state index contributed by atoms with van der Waals surface area (Å²) in [5.41, 5.74) is 1.46. The van der Waals surface area contributed by atoms with E-state index in [1.54, 1.807) is 72.8 Å². The van der Waals surface area contributed by atoms with Crippen LogP contribution < -0.4 is 18.9 Å². The molecule has 0 bridgehead atoms. The minimum atomic E-state index is -0.503. The number of rotatable bonds is 8. The first kappa shape index (κ1) is 21.6. The van der Waals surface area contributed by atoms with Gasteiger partial charge in [-0.05, 0) is 60.2 Å². The Kier molecular flexibility index (Phi) is 7.06. The Labute approximate surface area is 180 Å². The normalized spacial score (nSPS) is 10.5. The summed E-state index contributed by atoms with van der Waals surface area (Å²) in [7, 11) is 4.56. The fourth-order valence-corrected chi connectivity index (χ4v) is 2.87. The second-order valence-corrected chi connectivity index (χ2v) is 6.46. The van der Waals surface area contributed by atoms with Gasteiger partial charge >= 0.3 is 5.97 Å². The fourth-order valence-electron chi connectivity index (χ4n) is 2.87. The molecule has 0 amide bonds. The van der Waals surface area contributed by atoms with E-state index in [0.717, 1.165) is 0 Å². The molecular formula is C25H22O6. The van der Waals surface area contributed by atoms with Gasteiger partial charge in [0.2, 0.25) is 0 Å². The van der Waals surface area contributed by atoms with Gasteiger partial charge in [-0.1, -0.05) is 24.3 Å². The number of ketones is 1. The third-order valence-electron chi connectivity index (χ3n) is 4.47. The lowest BCUT2D eigenvalue weighted by Gasteiger charge is -2.08. The molecule has 0 unspecified atom stereocenters. The summed E-state index contributed by atoms with van der Waals surface area (Å²) in [4.78, 5) is 25.1. The molecule has 3 rings (SSSR count). The highest BCUT2D eigenvalue weighted by molar-refractivity contribution is 6.09. The Morgan fingerprint density at radius 1 is 0.742 bits per heavy atom. The lowest BCUT2D eigenvalue weighted by Crippen LogP contribution is -2.08. The van der Waals surface area contributed by atoms with Gasteiger partial charge in [-0.25, -0.2) is 4.79 Å². The van der Waals surface area contributed by atoms with Crippen LogP contribution in [-0.4, -0.2) is 33.1 Å². The summed E-state index contributed by atoms with van der Waals surface area (Å²) in [5, 5.41) is 0. The van der Waals surface area contributed by atoms with Crippen molar-refractivity contribution in [1.29, 1.82) is 0 Å². The van der Waals surface area contributed by atoms with Crippen LogP contribution in [0.1, 0.15) is 26.3 Å². The molecule has 0 fully saturated rings. The van der Waals surface area contributed by atoms with E-state index >= 15 is 0 Å². The smallest absolute Gasteiger partial charge is 0.343 e. The SMILES string of the molecule is COc1cccc(C(=O)Oc2cccc(C=CC(=O)c3cc(OC)ccc3OC)c2)c1. The van der Waals surface area contributed by atoms with Gasteiger partial charge in [0.05, 0.1) is 32.5 Å². The van der Waals surface area contributed by atoms with Crippen LogP contribution in [-0.2, 0) is 0 Å². The van der Waals surface area contributed by atoms with Crippen LogP contribution in [0.3, 0.4) is 0 Å². The first-order valence-electron chi connectivity index (χ1n) is 9.45. The van der Waals surface area contributed by atoms with E-state index in [0.29, 0.717) is 39.7 Å². The topological polar surface area (TPSA) is 71.1 Å². The van der Waals surface area contributed by atoms with Crippen LogP contribution in [0.4, 0.5) is 0 Å². The summed E-state index contributed by atoms with van der Waals surface area (Å²) >= 11 is 0. The largest absolute Gasteiger partial charge is 0.497 e. The van der Waals surface area contributed by atoms with E-state index in [9.17, 15) is 9.59 Å². The number of carbonyl (C=O) groups excluding carboxylic acids is 2. The molecule has 3 aromatic rings. The lowest BCUT2D eigenvalue weighted by molar-refractivity contribution is 0.0734. The van der Waals surface area contributed by atoms with Crippen molar-refractivity contribution in [3.8, 4) is 23.0 Å². The maximum atomic E-state index is 12.7. The molecule has 0 aliphatic rings. The van der Waals surface area contributed by atoms with Gasteiger partial charge in [0.1, 0.15) is 23.0 Å². The molecule has 0 saturated heterocycles. The van der Waals surface area contributed by atoms with Crippen molar-refractivity contribution in [2.75, 3.05) is 21.3 Å². The van der Waals surface area contributed by atoms with Crippen LogP contribution in [0, 0.1) is 0 Å². The van der Waals surface area contributed by atoms with Crippen LogP contribution in [0.2, 0.25) is 0 Å². The number of benzene rings is 3. The molecule has 0 aliphatic heterocycles. The van der Waals surface area contributed by atoms with Crippen LogP contribution in [0.25, 0.3) is 6.08 Å². The Hall–Kier alpha value is -4.06. The van der Waals surface area contributed by atoms with Gasteiger partial charge in [0.15, 0.2) is 5.78 Å². The van der Waals surface area contributed by atoms with Crippen LogP contribution in [0.15, 0.2) is 72.8 Å². The van der Waals surface area contributed by atoms with Crippen molar-refractivity contribution < 1.29 is 28.5 Å². The van der Waals surface area contributed by atoms with E-state index < -0.39 is 5.97 Å². The summed E-state index contributed by atoms with van der Waals surface area (Å²) in [6.45, 7) is 0. The molecule has 31 heavy (non-hydrogen) atoms. The van der Waals surface area contributed by atoms with E-state index in [2.05, 4.69) is 0 Å². The second kappa shape index (κ2) is 10.1. The molecule has 0 N–H and O–H groups in total. The summed E-state index contributed by atoms with van der Waals surface area (Å²) < 4.78 is 21.0. The number of hydrogen-bond donors (Lipinski definition) is 0. The zero-order valence-corrected chi connectivity index (χ0v) is 17.5. The molecule has 6 nitrogen and oxygen atoms in total. The molecule has 0 saturated carbocycles. The van der Waals surface area contributed by atoms with E-state index in [4.69, 9.17) is 18.9 Å². The van der Waals surface area contributed by atoms with Crippen LogP contribution >= 0.6 is 0 Å². The molecule has 0 radical (unpaired) electrons. The molecule has 158 valence electrons. The first-order chi connectivity index (χ1) is 15.0. The Balaban J connectivity index is 1.75. The zero-order chi connectivity index (χ0) is 22.2. The Morgan fingerprint density at radius 3 is 2.19 bits per heavy atom. The fraction of sp³-hybridized carbons (Fsp3) is 0.120. The first-order valence-corrected chi connectivity index (χ1v) is 9.45. The number of methoxy groups -OCH3 is 3. The van der Waals surface area contributed by atoms with Gasteiger partial charge in [-0.15, -0.1) is 0 Å². The number of esters is 1. The average molecular weight is 418 g/mol. The van der Waals surface area contributed by atoms with Gasteiger partial charge in [-0.2, -0.15) is 0 Å². The van der Waals surface area contributed by atoms with Gasteiger partial charge in [-0.3, -0.25) is 4.79 Å². The van der Waals surface area contributed by atoms with Crippen molar-refractivity contribution in [2.24, 2.45) is 0 Å². The third-order valence-corrected chi connectivity index (χ3v) is 4.47. The highest BCUT2D eigenvalue weighted by Gasteiger charge is 2.12. The maximum Gasteiger partial charge on any atom is 0.343 e. The predicted molar refractivity (Wildman–Crippen MR) is 117 cm³/mol. The molecule has 0 aromatic heterocycles. The van der Waals surface area contributed by atoms with Crippen molar-refractivity contribution >= 4 is 17.8 Å². The van der Waals surface area contributed by atoms with E-state index in [-0.39, 0.29) is 5.78 Å². The minimum Gasteiger partial charge on any atom is -0.497 e. The highest BCUT2D eigenvalue weighted by atomic mass is 16.5. The third kappa shape index (κ3) is 5.51. The predicted octanol–water partition coefficient (Wildman–Crippen LogP) is 4.83. The van der Waals surface area contributed by atoms with Crippen molar-refractivity contribution in [3.63, 3.8) is 0 Å². The minimum absolute atomic E-state index is 0.241. The molecule has 6 heteroatoms. The zero-order valence-electron chi connectivity index (χ0n) is 17.5. The van der Waals surface area contributed by atoms with Crippen molar-refractivity contribution in [3.05, 3.63) is 89.5 Å². The van der Waals surface area contributed by atoms with E-state index in [1.807, 2.05) is 0 Å². The number of carbonyl (C=O) groups is 2. The standard InChI is InChI=1S/C25H22O6/c1-28-19-8-5-7-18(15-19)25(27)31-21-9-4-6-17(14-21)10-12-23(26)22-16-20(29-2)11-13-24(22)30-3/h4-16H,1-3H3. The molecule has 3 aromatic carbocycles. The lowest BCUT2D eigenvalue weighted by atomic mass is 10.1. The highest BCUT2D eigenvalue weighted by Crippen LogP contribution is 2.25.